The maximum Gasteiger partial charge on any atom is 0.335 e. The lowest BCUT2D eigenvalue weighted by molar-refractivity contribution is -0.131. The van der Waals surface area contributed by atoms with Crippen LogP contribution in [0.15, 0.2) is 24.3 Å². The molecule has 1 saturated heterocycles. The maximum absolute atomic E-state index is 12.6. The molecule has 1 saturated carbocycles. The highest BCUT2D eigenvalue weighted by atomic mass is 16.5. The Bertz CT molecular complexity index is 544. The first-order valence-corrected chi connectivity index (χ1v) is 7.83. The Morgan fingerprint density at radius 3 is 2.45 bits per heavy atom. The molecular weight excluding hydrogens is 282 g/mol. The van der Waals surface area contributed by atoms with Crippen molar-refractivity contribution in [3.63, 3.8) is 0 Å². The quantitative estimate of drug-likeness (QED) is 0.872. The van der Waals surface area contributed by atoms with Crippen molar-refractivity contribution < 1.29 is 19.4 Å². The van der Waals surface area contributed by atoms with Gasteiger partial charge < -0.3 is 14.7 Å². The number of rotatable bonds is 6. The van der Waals surface area contributed by atoms with Crippen LogP contribution in [-0.4, -0.2) is 47.7 Å². The maximum atomic E-state index is 12.6. The second kappa shape index (κ2) is 6.48. The van der Waals surface area contributed by atoms with Crippen LogP contribution in [0.5, 0.6) is 0 Å². The van der Waals surface area contributed by atoms with E-state index in [1.54, 1.807) is 24.3 Å². The number of carbonyl (C=O) groups is 2. The molecule has 1 amide bonds. The zero-order valence-electron chi connectivity index (χ0n) is 12.5. The smallest absolute Gasteiger partial charge is 0.335 e. The number of benzene rings is 1. The number of carboxylic acid groups (broad SMARTS) is 1. The van der Waals surface area contributed by atoms with Gasteiger partial charge in [-0.2, -0.15) is 0 Å². The molecule has 5 nitrogen and oxygen atoms in total. The van der Waals surface area contributed by atoms with Crippen molar-refractivity contribution in [2.45, 2.75) is 31.7 Å². The van der Waals surface area contributed by atoms with Crippen molar-refractivity contribution >= 4 is 11.9 Å². The highest BCUT2D eigenvalue weighted by Crippen LogP contribution is 2.29. The van der Waals surface area contributed by atoms with Crippen LogP contribution in [0.2, 0.25) is 0 Å². The van der Waals surface area contributed by atoms with Gasteiger partial charge in [-0.1, -0.05) is 12.1 Å². The van der Waals surface area contributed by atoms with Gasteiger partial charge in [0.05, 0.1) is 18.6 Å². The summed E-state index contributed by atoms with van der Waals surface area (Å²) in [6, 6.07) is 6.95. The lowest BCUT2D eigenvalue weighted by Gasteiger charge is -2.25. The van der Waals surface area contributed by atoms with Crippen molar-refractivity contribution in [1.82, 2.24) is 4.90 Å². The molecule has 1 N–H and O–H groups in total. The molecule has 0 spiro atoms. The Morgan fingerprint density at radius 2 is 1.91 bits per heavy atom. The predicted octanol–water partition coefficient (Wildman–Crippen LogP) is 1.95. The van der Waals surface area contributed by atoms with Crippen LogP contribution < -0.4 is 0 Å². The summed E-state index contributed by atoms with van der Waals surface area (Å²) in [5.41, 5.74) is 1.11. The van der Waals surface area contributed by atoms with Crippen molar-refractivity contribution in [1.29, 1.82) is 0 Å². The molecule has 3 rings (SSSR count). The summed E-state index contributed by atoms with van der Waals surface area (Å²) in [4.78, 5) is 25.4. The molecule has 1 aliphatic carbocycles. The minimum atomic E-state index is -0.946. The second-order valence-corrected chi connectivity index (χ2v) is 6.19. The standard InChI is InChI=1S/C17H21NO4/c19-16(9-12-1-3-14(4-2-12)17(20)21)18(15-5-6-15)10-13-7-8-22-11-13/h1-4,13,15H,5-11H2,(H,20,21)/t13-/m1/s1. The Morgan fingerprint density at radius 1 is 1.18 bits per heavy atom. The van der Waals surface area contributed by atoms with E-state index in [4.69, 9.17) is 9.84 Å². The average molecular weight is 303 g/mol. The minimum Gasteiger partial charge on any atom is -0.478 e. The Labute approximate surface area is 129 Å². The number of aromatic carboxylic acids is 1. The first kappa shape index (κ1) is 15.0. The highest BCUT2D eigenvalue weighted by molar-refractivity contribution is 5.87. The molecule has 1 heterocycles. The first-order chi connectivity index (χ1) is 10.6. The topological polar surface area (TPSA) is 66.8 Å². The number of carboxylic acids is 1. The van der Waals surface area contributed by atoms with Crippen molar-refractivity contribution in [2.75, 3.05) is 19.8 Å². The Hall–Kier alpha value is -1.88. The van der Waals surface area contributed by atoms with Gasteiger partial charge in [0.25, 0.3) is 0 Å². The summed E-state index contributed by atoms with van der Waals surface area (Å²) in [5.74, 6) is -0.352. The van der Waals surface area contributed by atoms with Gasteiger partial charge in [0.2, 0.25) is 5.91 Å². The summed E-state index contributed by atoms with van der Waals surface area (Å²) >= 11 is 0. The fourth-order valence-electron chi connectivity index (χ4n) is 2.89. The van der Waals surface area contributed by atoms with Gasteiger partial charge in [-0.05, 0) is 37.0 Å². The molecule has 0 unspecified atom stereocenters. The summed E-state index contributed by atoms with van der Waals surface area (Å²) in [6.07, 6.45) is 3.56. The molecule has 118 valence electrons. The molecule has 2 fully saturated rings. The molecule has 1 aromatic carbocycles. The minimum absolute atomic E-state index is 0.137. The monoisotopic (exact) mass is 303 g/mol. The van der Waals surface area contributed by atoms with E-state index in [1.165, 1.54) is 0 Å². The molecule has 0 radical (unpaired) electrons. The normalized spacial score (nSPS) is 20.8. The van der Waals surface area contributed by atoms with Gasteiger partial charge in [0.15, 0.2) is 0 Å². The van der Waals surface area contributed by atoms with Crippen LogP contribution in [0.25, 0.3) is 0 Å². The van der Waals surface area contributed by atoms with Gasteiger partial charge >= 0.3 is 5.97 Å². The molecule has 0 aromatic heterocycles. The van der Waals surface area contributed by atoms with E-state index in [1.807, 2.05) is 4.90 Å². The first-order valence-electron chi connectivity index (χ1n) is 7.83. The van der Waals surface area contributed by atoms with E-state index in [0.29, 0.717) is 18.4 Å². The van der Waals surface area contributed by atoms with Crippen LogP contribution in [-0.2, 0) is 16.0 Å². The highest BCUT2D eigenvalue weighted by Gasteiger charge is 2.34. The van der Waals surface area contributed by atoms with Crippen LogP contribution in [0.4, 0.5) is 0 Å². The summed E-state index contributed by atoms with van der Waals surface area (Å²) < 4.78 is 5.40. The van der Waals surface area contributed by atoms with E-state index in [0.717, 1.165) is 44.6 Å². The van der Waals surface area contributed by atoms with Gasteiger partial charge in [0, 0.05) is 25.1 Å². The van der Waals surface area contributed by atoms with Crippen LogP contribution in [0.3, 0.4) is 0 Å². The number of amides is 1. The molecular formula is C17H21NO4. The van der Waals surface area contributed by atoms with E-state index >= 15 is 0 Å². The zero-order chi connectivity index (χ0) is 15.5. The molecule has 5 heteroatoms. The lowest BCUT2D eigenvalue weighted by atomic mass is 10.1. The third-order valence-corrected chi connectivity index (χ3v) is 4.34. The third-order valence-electron chi connectivity index (χ3n) is 4.34. The van der Waals surface area contributed by atoms with Gasteiger partial charge in [-0.3, -0.25) is 4.79 Å². The molecule has 1 atom stereocenters. The number of carbonyl (C=O) groups excluding carboxylic acids is 1. The number of ether oxygens (including phenoxy) is 1. The van der Waals surface area contributed by atoms with Crippen molar-refractivity contribution in [3.8, 4) is 0 Å². The molecule has 1 aromatic rings. The Balaban J connectivity index is 1.61. The van der Waals surface area contributed by atoms with Crippen LogP contribution in [0, 0.1) is 5.92 Å². The number of hydrogen-bond acceptors (Lipinski definition) is 3. The lowest BCUT2D eigenvalue weighted by Crippen LogP contribution is -2.38. The number of hydrogen-bond donors (Lipinski definition) is 1. The van der Waals surface area contributed by atoms with Gasteiger partial charge in [-0.25, -0.2) is 4.79 Å². The van der Waals surface area contributed by atoms with Gasteiger partial charge in [-0.15, -0.1) is 0 Å². The predicted molar refractivity (Wildman–Crippen MR) is 80.8 cm³/mol. The molecule has 0 bridgehead atoms. The van der Waals surface area contributed by atoms with Crippen molar-refractivity contribution in [2.24, 2.45) is 5.92 Å². The molecule has 22 heavy (non-hydrogen) atoms. The van der Waals surface area contributed by atoms with Crippen molar-refractivity contribution in [3.05, 3.63) is 35.4 Å². The zero-order valence-corrected chi connectivity index (χ0v) is 12.5. The summed E-state index contributed by atoms with van der Waals surface area (Å²) in [7, 11) is 0. The fourth-order valence-corrected chi connectivity index (χ4v) is 2.89. The third kappa shape index (κ3) is 3.65. The fraction of sp³-hybridized carbons (Fsp3) is 0.529. The molecule has 1 aliphatic heterocycles. The Kier molecular flexibility index (Phi) is 4.43. The van der Waals surface area contributed by atoms with E-state index in [-0.39, 0.29) is 11.5 Å². The largest absolute Gasteiger partial charge is 0.478 e. The summed E-state index contributed by atoms with van der Waals surface area (Å²) in [6.45, 7) is 2.34. The SMILES string of the molecule is O=C(O)c1ccc(CC(=O)N(C[C@H]2CCOC2)C2CC2)cc1. The molecule has 2 aliphatic rings. The van der Waals surface area contributed by atoms with E-state index < -0.39 is 5.97 Å². The van der Waals surface area contributed by atoms with Crippen LogP contribution >= 0.6 is 0 Å². The average Bonchev–Trinajstić information content (AvgIpc) is 3.21. The van der Waals surface area contributed by atoms with Gasteiger partial charge in [0.1, 0.15) is 0 Å². The number of nitrogens with zero attached hydrogens (tertiary/aromatic N) is 1. The van der Waals surface area contributed by atoms with E-state index in [2.05, 4.69) is 0 Å². The summed E-state index contributed by atoms with van der Waals surface area (Å²) in [5, 5.41) is 8.90. The second-order valence-electron chi connectivity index (χ2n) is 6.19. The van der Waals surface area contributed by atoms with Crippen LogP contribution in [0.1, 0.15) is 35.2 Å². The van der Waals surface area contributed by atoms with E-state index in [9.17, 15) is 9.59 Å².